The number of carbonyl (C=O) groups is 2. The topological polar surface area (TPSA) is 76.7 Å². The molecule has 3 aromatic rings. The fourth-order valence-electron chi connectivity index (χ4n) is 3.32. The molecule has 184 valence electrons. The number of alkyl halides is 3. The third-order valence-corrected chi connectivity index (χ3v) is 5.06. The maximum atomic E-state index is 13.3. The molecule has 1 atom stereocenters. The van der Waals surface area contributed by atoms with Crippen LogP contribution in [-0.2, 0) is 15.7 Å². The number of hydrogen-bond acceptors (Lipinski definition) is 4. The molecule has 0 radical (unpaired) electrons. The molecule has 0 aromatic heterocycles. The normalized spacial score (nSPS) is 12.0. The van der Waals surface area contributed by atoms with Gasteiger partial charge in [-0.25, -0.2) is 0 Å². The van der Waals surface area contributed by atoms with Crippen molar-refractivity contribution in [1.82, 2.24) is 5.32 Å². The summed E-state index contributed by atoms with van der Waals surface area (Å²) in [5.74, 6) is -0.897. The molecule has 0 heterocycles. The lowest BCUT2D eigenvalue weighted by molar-refractivity contribution is -0.137. The second kappa shape index (κ2) is 12.0. The van der Waals surface area contributed by atoms with E-state index in [0.717, 1.165) is 18.2 Å². The Morgan fingerprint density at radius 1 is 0.914 bits per heavy atom. The molecule has 0 bridgehead atoms. The van der Waals surface area contributed by atoms with Crippen molar-refractivity contribution >= 4 is 17.5 Å². The average molecular weight is 486 g/mol. The standard InChI is InChI=1S/C26H25F3N2O4/c1-34-14-15-35-23-13-12-20(26(27,28)29)16-22(23)30-24(32)17-21(18-8-4-2-5-9-18)31-25(33)19-10-6-3-7-11-19/h2-13,16,21H,14-15,17H2,1H3,(H,30,32)(H,31,33)/t21-/m0/s1. The zero-order valence-corrected chi connectivity index (χ0v) is 19.0. The second-order valence-corrected chi connectivity index (χ2v) is 7.61. The molecule has 0 spiro atoms. The van der Waals surface area contributed by atoms with Crippen LogP contribution in [0.5, 0.6) is 5.75 Å². The Labute approximate surface area is 201 Å². The fraction of sp³-hybridized carbons (Fsp3) is 0.231. The first kappa shape index (κ1) is 25.8. The third kappa shape index (κ3) is 7.58. The maximum Gasteiger partial charge on any atom is 0.416 e. The summed E-state index contributed by atoms with van der Waals surface area (Å²) in [4.78, 5) is 25.7. The van der Waals surface area contributed by atoms with Crippen molar-refractivity contribution in [2.45, 2.75) is 18.6 Å². The summed E-state index contributed by atoms with van der Waals surface area (Å²) in [5.41, 5.74) is 0.0408. The van der Waals surface area contributed by atoms with Crippen molar-refractivity contribution in [1.29, 1.82) is 0 Å². The Balaban J connectivity index is 1.81. The van der Waals surface area contributed by atoms with Crippen LogP contribution in [0.2, 0.25) is 0 Å². The van der Waals surface area contributed by atoms with Crippen LogP contribution in [0.25, 0.3) is 0 Å². The summed E-state index contributed by atoms with van der Waals surface area (Å²) in [6, 6.07) is 19.5. The van der Waals surface area contributed by atoms with E-state index in [1.807, 2.05) is 0 Å². The number of amides is 2. The number of rotatable bonds is 10. The number of methoxy groups -OCH3 is 1. The molecule has 0 unspecified atom stereocenters. The number of ether oxygens (including phenoxy) is 2. The summed E-state index contributed by atoms with van der Waals surface area (Å²) in [6.07, 6.45) is -4.81. The van der Waals surface area contributed by atoms with Crippen molar-refractivity contribution < 1.29 is 32.2 Å². The van der Waals surface area contributed by atoms with Crippen molar-refractivity contribution in [3.05, 3.63) is 95.6 Å². The highest BCUT2D eigenvalue weighted by molar-refractivity contribution is 5.96. The molecular formula is C26H25F3N2O4. The van der Waals surface area contributed by atoms with E-state index in [1.165, 1.54) is 7.11 Å². The predicted octanol–water partition coefficient (Wildman–Crippen LogP) is 5.23. The first-order chi connectivity index (χ1) is 16.8. The van der Waals surface area contributed by atoms with Gasteiger partial charge in [0.2, 0.25) is 5.91 Å². The smallest absolute Gasteiger partial charge is 0.416 e. The van der Waals surface area contributed by atoms with Gasteiger partial charge in [0.1, 0.15) is 12.4 Å². The van der Waals surface area contributed by atoms with Gasteiger partial charge in [-0.3, -0.25) is 9.59 Å². The van der Waals surface area contributed by atoms with Gasteiger partial charge in [-0.05, 0) is 35.9 Å². The minimum absolute atomic E-state index is 0.0768. The van der Waals surface area contributed by atoms with Gasteiger partial charge < -0.3 is 20.1 Å². The largest absolute Gasteiger partial charge is 0.489 e. The molecule has 6 nitrogen and oxygen atoms in total. The van der Waals surface area contributed by atoms with Crippen molar-refractivity contribution in [3.8, 4) is 5.75 Å². The Morgan fingerprint density at radius 3 is 2.20 bits per heavy atom. The highest BCUT2D eigenvalue weighted by atomic mass is 19.4. The van der Waals surface area contributed by atoms with Gasteiger partial charge in [0, 0.05) is 12.7 Å². The van der Waals surface area contributed by atoms with Crippen LogP contribution in [0.3, 0.4) is 0 Å². The number of anilines is 1. The van der Waals surface area contributed by atoms with E-state index in [0.29, 0.717) is 11.1 Å². The van der Waals surface area contributed by atoms with E-state index >= 15 is 0 Å². The van der Waals surface area contributed by atoms with E-state index in [2.05, 4.69) is 10.6 Å². The number of benzene rings is 3. The molecule has 35 heavy (non-hydrogen) atoms. The molecule has 2 N–H and O–H groups in total. The summed E-state index contributed by atoms with van der Waals surface area (Å²) in [7, 11) is 1.46. The Morgan fingerprint density at radius 2 is 1.57 bits per heavy atom. The monoisotopic (exact) mass is 486 g/mol. The van der Waals surface area contributed by atoms with E-state index in [1.54, 1.807) is 60.7 Å². The van der Waals surface area contributed by atoms with Gasteiger partial charge in [0.15, 0.2) is 0 Å². The van der Waals surface area contributed by atoms with Crippen molar-refractivity contribution in [2.24, 2.45) is 0 Å². The quantitative estimate of drug-likeness (QED) is 0.385. The zero-order valence-electron chi connectivity index (χ0n) is 19.0. The van der Waals surface area contributed by atoms with Crippen LogP contribution in [0, 0.1) is 0 Å². The molecule has 3 aromatic carbocycles. The average Bonchev–Trinajstić information content (AvgIpc) is 2.85. The number of hydrogen-bond donors (Lipinski definition) is 2. The van der Waals surface area contributed by atoms with Crippen LogP contribution < -0.4 is 15.4 Å². The molecule has 0 aliphatic carbocycles. The van der Waals surface area contributed by atoms with E-state index < -0.39 is 23.7 Å². The second-order valence-electron chi connectivity index (χ2n) is 7.61. The van der Waals surface area contributed by atoms with Gasteiger partial charge >= 0.3 is 6.18 Å². The van der Waals surface area contributed by atoms with Gasteiger partial charge in [-0.15, -0.1) is 0 Å². The molecule has 0 saturated carbocycles. The van der Waals surface area contributed by atoms with Crippen molar-refractivity contribution in [3.63, 3.8) is 0 Å². The molecule has 0 aliphatic heterocycles. The number of nitrogens with one attached hydrogen (secondary N) is 2. The van der Waals surface area contributed by atoms with Gasteiger partial charge in [0.05, 0.1) is 30.3 Å². The summed E-state index contributed by atoms with van der Waals surface area (Å²) < 4.78 is 50.2. The predicted molar refractivity (Wildman–Crippen MR) is 125 cm³/mol. The lowest BCUT2D eigenvalue weighted by Crippen LogP contribution is -2.31. The highest BCUT2D eigenvalue weighted by Gasteiger charge is 2.31. The molecule has 3 rings (SSSR count). The van der Waals surface area contributed by atoms with Crippen LogP contribution in [-0.4, -0.2) is 32.1 Å². The summed E-state index contributed by atoms with van der Waals surface area (Å²) >= 11 is 0. The van der Waals surface area contributed by atoms with Crippen LogP contribution in [0.15, 0.2) is 78.9 Å². The Kier molecular flexibility index (Phi) is 8.86. The lowest BCUT2D eigenvalue weighted by atomic mass is 10.0. The van der Waals surface area contributed by atoms with Gasteiger partial charge in [-0.2, -0.15) is 13.2 Å². The highest BCUT2D eigenvalue weighted by Crippen LogP contribution is 2.35. The Bertz CT molecular complexity index is 1120. The Hall–Kier alpha value is -3.85. The van der Waals surface area contributed by atoms with Crippen molar-refractivity contribution in [2.75, 3.05) is 25.6 Å². The third-order valence-electron chi connectivity index (χ3n) is 5.06. The van der Waals surface area contributed by atoms with E-state index in [4.69, 9.17) is 9.47 Å². The number of halogens is 3. The molecular weight excluding hydrogens is 461 g/mol. The maximum absolute atomic E-state index is 13.3. The zero-order chi connectivity index (χ0) is 25.3. The molecule has 0 aliphatic rings. The number of carbonyl (C=O) groups excluding carboxylic acids is 2. The van der Waals surface area contributed by atoms with Crippen LogP contribution in [0.4, 0.5) is 18.9 Å². The van der Waals surface area contributed by atoms with Crippen LogP contribution >= 0.6 is 0 Å². The SMILES string of the molecule is COCCOc1ccc(C(F)(F)F)cc1NC(=O)C[C@H](NC(=O)c1ccccc1)c1ccccc1. The lowest BCUT2D eigenvalue weighted by Gasteiger charge is -2.20. The van der Waals surface area contributed by atoms with Crippen LogP contribution in [0.1, 0.15) is 33.9 Å². The molecule has 0 fully saturated rings. The summed E-state index contributed by atoms with van der Waals surface area (Å²) in [6.45, 7) is 0.306. The fourth-order valence-corrected chi connectivity index (χ4v) is 3.32. The molecule has 0 saturated heterocycles. The first-order valence-corrected chi connectivity index (χ1v) is 10.8. The minimum Gasteiger partial charge on any atom is -0.489 e. The first-order valence-electron chi connectivity index (χ1n) is 10.8. The van der Waals surface area contributed by atoms with E-state index in [9.17, 15) is 22.8 Å². The van der Waals surface area contributed by atoms with Gasteiger partial charge in [0.25, 0.3) is 5.91 Å². The minimum atomic E-state index is -4.60. The van der Waals surface area contributed by atoms with E-state index in [-0.39, 0.29) is 37.0 Å². The summed E-state index contributed by atoms with van der Waals surface area (Å²) in [5, 5.41) is 5.34. The molecule has 2 amide bonds. The molecule has 9 heteroatoms. The van der Waals surface area contributed by atoms with Gasteiger partial charge in [-0.1, -0.05) is 48.5 Å².